The molecule has 2 aliphatic heterocycles. The third kappa shape index (κ3) is 7.23. The quantitative estimate of drug-likeness (QED) is 0.388. The first-order valence-corrected chi connectivity index (χ1v) is 15.0. The number of rotatable bonds is 9. The second kappa shape index (κ2) is 13.7. The topological polar surface area (TPSA) is 132 Å². The molecule has 2 saturated heterocycles. The van der Waals surface area contributed by atoms with Crippen LogP contribution in [0.15, 0.2) is 60.8 Å². The summed E-state index contributed by atoms with van der Waals surface area (Å²) in [6, 6.07) is 15.6. The number of carbonyl (C=O) groups excluding carboxylic acids is 4. The Morgan fingerprint density at radius 2 is 1.70 bits per heavy atom. The predicted octanol–water partition coefficient (Wildman–Crippen LogP) is 2.94. The normalized spacial score (nSPS) is 15.6. The zero-order valence-electron chi connectivity index (χ0n) is 25.3. The van der Waals surface area contributed by atoms with Gasteiger partial charge in [0.1, 0.15) is 0 Å². The van der Waals surface area contributed by atoms with Crippen LogP contribution in [0.3, 0.4) is 0 Å². The van der Waals surface area contributed by atoms with E-state index in [-0.39, 0.29) is 17.7 Å². The van der Waals surface area contributed by atoms with Crippen LogP contribution in [-0.4, -0.2) is 103 Å². The third-order valence-electron chi connectivity index (χ3n) is 8.30. The lowest BCUT2D eigenvalue weighted by atomic mass is 10.0. The Bertz CT molecular complexity index is 1550. The van der Waals surface area contributed by atoms with Gasteiger partial charge in [0.2, 0.25) is 11.8 Å². The number of nitrogens with two attached hydrogens (primary N) is 1. The Balaban J connectivity index is 1.33. The van der Waals surface area contributed by atoms with Crippen LogP contribution in [0.5, 0.6) is 0 Å². The molecule has 3 heterocycles. The van der Waals surface area contributed by atoms with E-state index < -0.39 is 5.91 Å². The lowest BCUT2D eigenvalue weighted by molar-refractivity contribution is -0.134. The maximum atomic E-state index is 13.5. The van der Waals surface area contributed by atoms with Crippen LogP contribution >= 0.6 is 0 Å². The first kappa shape index (κ1) is 30.7. The first-order chi connectivity index (χ1) is 21.2. The molecule has 0 atom stereocenters. The van der Waals surface area contributed by atoms with Crippen molar-refractivity contribution in [2.45, 2.75) is 19.3 Å². The average molecular weight is 598 g/mol. The number of amides is 4. The molecule has 4 amide bonds. The second-order valence-corrected chi connectivity index (χ2v) is 11.4. The van der Waals surface area contributed by atoms with Crippen LogP contribution in [0.2, 0.25) is 0 Å². The predicted molar refractivity (Wildman–Crippen MR) is 170 cm³/mol. The number of hydrogen-bond acceptors (Lipinski definition) is 7. The summed E-state index contributed by atoms with van der Waals surface area (Å²) in [6.45, 7) is 4.72. The number of benzene rings is 2. The van der Waals surface area contributed by atoms with Gasteiger partial charge < -0.3 is 25.8 Å². The zero-order valence-corrected chi connectivity index (χ0v) is 25.3. The van der Waals surface area contributed by atoms with Crippen molar-refractivity contribution in [1.82, 2.24) is 19.7 Å². The number of piperazine rings is 1. The maximum absolute atomic E-state index is 13.5. The van der Waals surface area contributed by atoms with Gasteiger partial charge in [-0.05, 0) is 67.8 Å². The van der Waals surface area contributed by atoms with Crippen LogP contribution in [0, 0.1) is 0 Å². The van der Waals surface area contributed by atoms with Gasteiger partial charge in [0.05, 0.1) is 17.9 Å². The van der Waals surface area contributed by atoms with E-state index in [1.807, 2.05) is 23.1 Å². The van der Waals surface area contributed by atoms with Crippen molar-refractivity contribution < 1.29 is 19.2 Å². The standard InChI is InChI=1S/C33H39N7O4/c1-37-15-17-39(22-30(37)41)18-16-38(2)33(44)25-8-6-7-24(19-25)32(43)36-28-10-9-26(40-13-4-3-5-14-40)21-27(28)29-20-23(31(34)42)11-12-35-29/h6-12,19-21H,3-5,13-18,22H2,1-2H3,(H2,34,42)(H,36,43). The van der Waals surface area contributed by atoms with Crippen molar-refractivity contribution in [2.75, 3.05) is 70.1 Å². The molecular weight excluding hydrogens is 558 g/mol. The van der Waals surface area contributed by atoms with Crippen LogP contribution in [-0.2, 0) is 4.79 Å². The summed E-state index contributed by atoms with van der Waals surface area (Å²) in [7, 11) is 3.51. The minimum atomic E-state index is -0.560. The van der Waals surface area contributed by atoms with Crippen molar-refractivity contribution in [1.29, 1.82) is 0 Å². The van der Waals surface area contributed by atoms with Crippen molar-refractivity contribution in [3.63, 3.8) is 0 Å². The Labute approximate surface area is 257 Å². The van der Waals surface area contributed by atoms with Gasteiger partial charge in [0, 0.05) is 87.5 Å². The van der Waals surface area contributed by atoms with Gasteiger partial charge in [-0.3, -0.25) is 29.1 Å². The van der Waals surface area contributed by atoms with Gasteiger partial charge in [-0.25, -0.2) is 0 Å². The highest BCUT2D eigenvalue weighted by Crippen LogP contribution is 2.33. The van der Waals surface area contributed by atoms with E-state index in [0.29, 0.717) is 59.8 Å². The third-order valence-corrected chi connectivity index (χ3v) is 8.30. The van der Waals surface area contributed by atoms with Gasteiger partial charge in [0.15, 0.2) is 0 Å². The summed E-state index contributed by atoms with van der Waals surface area (Å²) in [5.74, 6) is -1.07. The fourth-order valence-corrected chi connectivity index (χ4v) is 5.53. The summed E-state index contributed by atoms with van der Waals surface area (Å²) in [5.41, 5.74) is 9.31. The Morgan fingerprint density at radius 3 is 2.45 bits per heavy atom. The maximum Gasteiger partial charge on any atom is 0.255 e. The number of nitrogens with one attached hydrogen (secondary N) is 1. The van der Waals surface area contributed by atoms with Gasteiger partial charge in [-0.1, -0.05) is 6.07 Å². The fraction of sp³-hybridized carbons (Fsp3) is 0.364. The number of aromatic nitrogens is 1. The van der Waals surface area contributed by atoms with E-state index in [1.54, 1.807) is 60.3 Å². The van der Waals surface area contributed by atoms with E-state index in [4.69, 9.17) is 5.73 Å². The summed E-state index contributed by atoms with van der Waals surface area (Å²) < 4.78 is 0. The molecule has 0 saturated carbocycles. The molecule has 2 aromatic carbocycles. The van der Waals surface area contributed by atoms with Crippen molar-refractivity contribution in [3.05, 3.63) is 77.5 Å². The Kier molecular flexibility index (Phi) is 9.54. The van der Waals surface area contributed by atoms with Gasteiger partial charge >= 0.3 is 0 Å². The summed E-state index contributed by atoms with van der Waals surface area (Å²) in [4.78, 5) is 62.8. The van der Waals surface area contributed by atoms with Crippen LogP contribution in [0.4, 0.5) is 11.4 Å². The first-order valence-electron chi connectivity index (χ1n) is 15.0. The van der Waals surface area contributed by atoms with Crippen molar-refractivity contribution in [2.24, 2.45) is 5.73 Å². The Morgan fingerprint density at radius 1 is 0.932 bits per heavy atom. The molecule has 0 spiro atoms. The number of nitrogens with zero attached hydrogens (tertiary/aromatic N) is 5. The minimum absolute atomic E-state index is 0.0737. The molecule has 0 radical (unpaired) electrons. The molecule has 11 heteroatoms. The van der Waals surface area contributed by atoms with E-state index in [2.05, 4.69) is 15.2 Å². The number of likely N-dealkylation sites (N-methyl/N-ethyl adjacent to an activating group) is 2. The summed E-state index contributed by atoms with van der Waals surface area (Å²) in [6.07, 6.45) is 4.96. The molecule has 3 N–H and O–H groups in total. The average Bonchev–Trinajstić information content (AvgIpc) is 3.05. The molecule has 0 unspecified atom stereocenters. The molecular formula is C33H39N7O4. The molecule has 44 heavy (non-hydrogen) atoms. The minimum Gasteiger partial charge on any atom is -0.372 e. The number of anilines is 2. The van der Waals surface area contributed by atoms with Crippen molar-refractivity contribution in [3.8, 4) is 11.3 Å². The zero-order chi connectivity index (χ0) is 31.2. The largest absolute Gasteiger partial charge is 0.372 e. The van der Waals surface area contributed by atoms with Crippen LogP contribution in [0.1, 0.15) is 50.3 Å². The lowest BCUT2D eigenvalue weighted by Crippen LogP contribution is -2.50. The molecule has 5 rings (SSSR count). The van der Waals surface area contributed by atoms with Crippen molar-refractivity contribution >= 4 is 35.0 Å². The van der Waals surface area contributed by atoms with Crippen LogP contribution in [0.25, 0.3) is 11.3 Å². The molecule has 1 aromatic heterocycles. The highest BCUT2D eigenvalue weighted by Gasteiger charge is 2.22. The molecule has 11 nitrogen and oxygen atoms in total. The Hall–Kier alpha value is -4.77. The van der Waals surface area contributed by atoms with Crippen LogP contribution < -0.4 is 16.0 Å². The molecule has 0 bridgehead atoms. The smallest absolute Gasteiger partial charge is 0.255 e. The van der Waals surface area contributed by atoms with E-state index in [9.17, 15) is 19.2 Å². The highest BCUT2D eigenvalue weighted by molar-refractivity contribution is 6.08. The fourth-order valence-electron chi connectivity index (χ4n) is 5.53. The highest BCUT2D eigenvalue weighted by atomic mass is 16.2. The number of pyridine rings is 1. The molecule has 230 valence electrons. The summed E-state index contributed by atoms with van der Waals surface area (Å²) >= 11 is 0. The van der Waals surface area contributed by atoms with Gasteiger partial charge in [-0.15, -0.1) is 0 Å². The van der Waals surface area contributed by atoms with E-state index in [1.165, 1.54) is 12.6 Å². The lowest BCUT2D eigenvalue weighted by Gasteiger charge is -2.32. The van der Waals surface area contributed by atoms with E-state index in [0.717, 1.165) is 38.2 Å². The molecule has 0 aliphatic carbocycles. The number of primary amides is 1. The van der Waals surface area contributed by atoms with E-state index >= 15 is 0 Å². The monoisotopic (exact) mass is 597 g/mol. The molecule has 2 fully saturated rings. The number of carbonyl (C=O) groups is 4. The molecule has 3 aromatic rings. The molecule has 2 aliphatic rings. The number of hydrogen-bond donors (Lipinski definition) is 2. The van der Waals surface area contributed by atoms with Gasteiger partial charge in [0.25, 0.3) is 11.8 Å². The second-order valence-electron chi connectivity index (χ2n) is 11.4. The summed E-state index contributed by atoms with van der Waals surface area (Å²) in [5, 5.41) is 2.99. The SMILES string of the molecule is CN1CCN(CCN(C)C(=O)c2cccc(C(=O)Nc3ccc(N4CCCCC4)cc3-c3cc(C(N)=O)ccn3)c2)CC1=O. The number of piperidine rings is 1. The van der Waals surface area contributed by atoms with Gasteiger partial charge in [-0.2, -0.15) is 0 Å².